The van der Waals surface area contributed by atoms with Crippen molar-refractivity contribution in [2.75, 3.05) is 26.2 Å². The van der Waals surface area contributed by atoms with Crippen molar-refractivity contribution in [3.63, 3.8) is 0 Å². The number of nitrogens with one attached hydrogen (secondary N) is 2. The maximum Gasteiger partial charge on any atom is 0.220 e. The van der Waals surface area contributed by atoms with Crippen LogP contribution in [0.15, 0.2) is 0 Å². The molecule has 0 unspecified atom stereocenters. The van der Waals surface area contributed by atoms with Gasteiger partial charge in [0.25, 0.3) is 0 Å². The van der Waals surface area contributed by atoms with E-state index < -0.39 is 0 Å². The molecule has 2 fully saturated rings. The van der Waals surface area contributed by atoms with E-state index in [0.717, 1.165) is 39.0 Å². The summed E-state index contributed by atoms with van der Waals surface area (Å²) in [6.07, 6.45) is 2.41. The van der Waals surface area contributed by atoms with Crippen molar-refractivity contribution in [1.82, 2.24) is 15.5 Å². The van der Waals surface area contributed by atoms with E-state index in [1.54, 1.807) is 6.92 Å². The highest BCUT2D eigenvalue weighted by Gasteiger charge is 2.24. The van der Waals surface area contributed by atoms with Crippen molar-refractivity contribution >= 4 is 11.8 Å². The minimum absolute atomic E-state index is 0.135. The quantitative estimate of drug-likeness (QED) is 0.712. The minimum Gasteiger partial charge on any atom is -0.353 e. The average Bonchev–Trinajstić information content (AvgIpc) is 2.24. The molecule has 5 nitrogen and oxygen atoms in total. The summed E-state index contributed by atoms with van der Waals surface area (Å²) in [6.45, 7) is 5.07. The average molecular weight is 239 g/mol. The lowest BCUT2D eigenvalue weighted by molar-refractivity contribution is -0.130. The molecule has 2 heterocycles. The molecule has 2 rings (SSSR count). The first-order valence-corrected chi connectivity index (χ1v) is 6.40. The van der Waals surface area contributed by atoms with Crippen molar-refractivity contribution in [3.05, 3.63) is 0 Å². The lowest BCUT2D eigenvalue weighted by atomic mass is 9.98. The van der Waals surface area contributed by atoms with E-state index in [1.165, 1.54) is 0 Å². The molecule has 2 amide bonds. The summed E-state index contributed by atoms with van der Waals surface area (Å²) in [4.78, 5) is 24.7. The van der Waals surface area contributed by atoms with Gasteiger partial charge in [-0.15, -0.1) is 0 Å². The van der Waals surface area contributed by atoms with Gasteiger partial charge in [-0.25, -0.2) is 0 Å². The SMILES string of the molecule is CC(=O)N1CCC(NC(=O)CC2CNC2)CC1. The van der Waals surface area contributed by atoms with Gasteiger partial charge in [0.15, 0.2) is 0 Å². The third-order valence-corrected chi connectivity index (χ3v) is 3.65. The van der Waals surface area contributed by atoms with Gasteiger partial charge in [0.2, 0.25) is 11.8 Å². The molecule has 0 bridgehead atoms. The van der Waals surface area contributed by atoms with E-state index in [9.17, 15) is 9.59 Å². The van der Waals surface area contributed by atoms with Crippen molar-refractivity contribution in [3.8, 4) is 0 Å². The second-order valence-electron chi connectivity index (χ2n) is 5.08. The molecule has 96 valence electrons. The van der Waals surface area contributed by atoms with Crippen LogP contribution in [0.25, 0.3) is 0 Å². The standard InChI is InChI=1S/C12H21N3O2/c1-9(16)15-4-2-11(3-5-15)14-12(17)6-10-7-13-8-10/h10-11,13H,2-8H2,1H3,(H,14,17). The molecule has 17 heavy (non-hydrogen) atoms. The van der Waals surface area contributed by atoms with E-state index in [0.29, 0.717) is 12.3 Å². The lowest BCUT2D eigenvalue weighted by Gasteiger charge is -2.32. The van der Waals surface area contributed by atoms with Gasteiger partial charge in [0.1, 0.15) is 0 Å². The highest BCUT2D eigenvalue weighted by atomic mass is 16.2. The van der Waals surface area contributed by atoms with E-state index in [4.69, 9.17) is 0 Å². The lowest BCUT2D eigenvalue weighted by Crippen LogP contribution is -2.48. The molecule has 0 spiro atoms. The van der Waals surface area contributed by atoms with Crippen LogP contribution in [0.2, 0.25) is 0 Å². The van der Waals surface area contributed by atoms with Gasteiger partial charge < -0.3 is 15.5 Å². The summed E-state index contributed by atoms with van der Waals surface area (Å²) in [7, 11) is 0. The summed E-state index contributed by atoms with van der Waals surface area (Å²) in [5.74, 6) is 0.820. The Labute approximate surface area is 102 Å². The van der Waals surface area contributed by atoms with Crippen LogP contribution in [-0.4, -0.2) is 48.9 Å². The second kappa shape index (κ2) is 5.49. The summed E-state index contributed by atoms with van der Waals surface area (Å²) >= 11 is 0. The molecule has 2 N–H and O–H groups in total. The summed E-state index contributed by atoms with van der Waals surface area (Å²) in [6, 6.07) is 0.256. The Kier molecular flexibility index (Phi) is 3.99. The predicted octanol–water partition coefficient (Wildman–Crippen LogP) is -0.277. The molecule has 0 atom stereocenters. The predicted molar refractivity (Wildman–Crippen MR) is 64.4 cm³/mol. The Balaban J connectivity index is 1.66. The Hall–Kier alpha value is -1.10. The molecule has 2 aliphatic rings. The van der Waals surface area contributed by atoms with Gasteiger partial charge in [-0.1, -0.05) is 0 Å². The smallest absolute Gasteiger partial charge is 0.220 e. The van der Waals surface area contributed by atoms with Crippen LogP contribution in [0.3, 0.4) is 0 Å². The van der Waals surface area contributed by atoms with Gasteiger partial charge in [0, 0.05) is 32.5 Å². The summed E-state index contributed by atoms with van der Waals surface area (Å²) in [5, 5.41) is 6.24. The highest BCUT2D eigenvalue weighted by molar-refractivity contribution is 5.77. The molecule has 0 aromatic heterocycles. The summed E-state index contributed by atoms with van der Waals surface area (Å²) < 4.78 is 0. The maximum absolute atomic E-state index is 11.7. The van der Waals surface area contributed by atoms with Crippen molar-refractivity contribution in [2.45, 2.75) is 32.2 Å². The first-order chi connectivity index (χ1) is 8.15. The molecule has 0 aromatic rings. The number of carbonyl (C=O) groups is 2. The van der Waals surface area contributed by atoms with Gasteiger partial charge in [-0.2, -0.15) is 0 Å². The molecule has 0 aliphatic carbocycles. The minimum atomic E-state index is 0.135. The molecule has 0 aromatic carbocycles. The zero-order valence-corrected chi connectivity index (χ0v) is 10.4. The van der Waals surface area contributed by atoms with Gasteiger partial charge >= 0.3 is 0 Å². The number of rotatable bonds is 3. The van der Waals surface area contributed by atoms with Crippen LogP contribution >= 0.6 is 0 Å². The Bertz CT molecular complexity index is 294. The van der Waals surface area contributed by atoms with Crippen LogP contribution < -0.4 is 10.6 Å². The normalized spacial score (nSPS) is 22.1. The third-order valence-electron chi connectivity index (χ3n) is 3.65. The van der Waals surface area contributed by atoms with Crippen molar-refractivity contribution < 1.29 is 9.59 Å². The van der Waals surface area contributed by atoms with Gasteiger partial charge in [-0.3, -0.25) is 9.59 Å². The third kappa shape index (κ3) is 3.43. The van der Waals surface area contributed by atoms with E-state index in [2.05, 4.69) is 10.6 Å². The molecule has 5 heteroatoms. The number of carbonyl (C=O) groups excluding carboxylic acids is 2. The molecule has 2 aliphatic heterocycles. The fourth-order valence-corrected chi connectivity index (χ4v) is 2.38. The van der Waals surface area contributed by atoms with E-state index >= 15 is 0 Å². The first kappa shape index (κ1) is 12.4. The topological polar surface area (TPSA) is 61.4 Å². The Morgan fingerprint density at radius 1 is 1.29 bits per heavy atom. The maximum atomic E-state index is 11.7. The van der Waals surface area contributed by atoms with Crippen LogP contribution in [0.5, 0.6) is 0 Å². The van der Waals surface area contributed by atoms with Crippen LogP contribution in [0.1, 0.15) is 26.2 Å². The van der Waals surface area contributed by atoms with Crippen molar-refractivity contribution in [1.29, 1.82) is 0 Å². The number of nitrogens with zero attached hydrogens (tertiary/aromatic N) is 1. The summed E-state index contributed by atoms with van der Waals surface area (Å²) in [5.41, 5.74) is 0. The van der Waals surface area contributed by atoms with Gasteiger partial charge in [0.05, 0.1) is 0 Å². The monoisotopic (exact) mass is 239 g/mol. The van der Waals surface area contributed by atoms with Crippen LogP contribution in [0.4, 0.5) is 0 Å². The van der Waals surface area contributed by atoms with E-state index in [-0.39, 0.29) is 17.9 Å². The highest BCUT2D eigenvalue weighted by Crippen LogP contribution is 2.12. The second-order valence-corrected chi connectivity index (χ2v) is 5.08. The zero-order valence-electron chi connectivity index (χ0n) is 10.4. The largest absolute Gasteiger partial charge is 0.353 e. The fraction of sp³-hybridized carbons (Fsp3) is 0.833. The number of likely N-dealkylation sites (tertiary alicyclic amines) is 1. The Morgan fingerprint density at radius 3 is 2.41 bits per heavy atom. The van der Waals surface area contributed by atoms with Crippen LogP contribution in [0, 0.1) is 5.92 Å². The number of hydrogen-bond acceptors (Lipinski definition) is 3. The van der Waals surface area contributed by atoms with Crippen LogP contribution in [-0.2, 0) is 9.59 Å². The van der Waals surface area contributed by atoms with Gasteiger partial charge in [-0.05, 0) is 31.8 Å². The number of amides is 2. The first-order valence-electron chi connectivity index (χ1n) is 6.40. The zero-order chi connectivity index (χ0) is 12.3. The molecule has 2 saturated heterocycles. The fourth-order valence-electron chi connectivity index (χ4n) is 2.38. The molecular weight excluding hydrogens is 218 g/mol. The Morgan fingerprint density at radius 2 is 1.94 bits per heavy atom. The molecule has 0 radical (unpaired) electrons. The number of hydrogen-bond donors (Lipinski definition) is 2. The van der Waals surface area contributed by atoms with E-state index in [1.807, 2.05) is 4.90 Å². The van der Waals surface area contributed by atoms with Crippen molar-refractivity contribution in [2.24, 2.45) is 5.92 Å². The number of piperidine rings is 1. The molecule has 0 saturated carbocycles. The molecular formula is C12H21N3O2.